The summed E-state index contributed by atoms with van der Waals surface area (Å²) in [4.78, 5) is 12.6. The molecule has 3 heteroatoms. The Hall–Kier alpha value is -4.37. The summed E-state index contributed by atoms with van der Waals surface area (Å²) in [6.45, 7) is 0. The van der Waals surface area contributed by atoms with E-state index in [1.54, 1.807) is 12.1 Å². The van der Waals surface area contributed by atoms with Crippen molar-refractivity contribution in [1.82, 2.24) is 0 Å². The molecule has 0 fully saturated rings. The lowest BCUT2D eigenvalue weighted by atomic mass is 9.99. The van der Waals surface area contributed by atoms with Crippen LogP contribution in [0.3, 0.4) is 0 Å². The molecule has 0 unspecified atom stereocenters. The monoisotopic (exact) mass is 414 g/mol. The Morgan fingerprint density at radius 2 is 1.06 bits per heavy atom. The van der Waals surface area contributed by atoms with Crippen LogP contribution in [0.2, 0.25) is 0 Å². The SMILES string of the molecule is O=C(Oc1ccc2ccccc2c1)Oc1cccc2cc3cc4ccccc4cc3cc12. The second-order valence-electron chi connectivity index (χ2n) is 7.84. The van der Waals surface area contributed by atoms with E-state index in [0.717, 1.165) is 32.3 Å². The third-order valence-electron chi connectivity index (χ3n) is 5.78. The zero-order valence-corrected chi connectivity index (χ0v) is 17.1. The van der Waals surface area contributed by atoms with Crippen molar-refractivity contribution in [2.24, 2.45) is 0 Å². The van der Waals surface area contributed by atoms with Gasteiger partial charge in [-0.3, -0.25) is 0 Å². The predicted octanol–water partition coefficient (Wildman–Crippen LogP) is 7.88. The van der Waals surface area contributed by atoms with Crippen LogP contribution in [0.5, 0.6) is 11.5 Å². The van der Waals surface area contributed by atoms with Gasteiger partial charge in [0.15, 0.2) is 0 Å². The summed E-state index contributed by atoms with van der Waals surface area (Å²) in [5, 5.41) is 8.57. The topological polar surface area (TPSA) is 35.5 Å². The van der Waals surface area contributed by atoms with Gasteiger partial charge in [0.25, 0.3) is 0 Å². The van der Waals surface area contributed by atoms with Crippen LogP contribution in [0.4, 0.5) is 4.79 Å². The van der Waals surface area contributed by atoms with Crippen LogP contribution in [0.1, 0.15) is 0 Å². The van der Waals surface area contributed by atoms with E-state index >= 15 is 0 Å². The number of hydrogen-bond acceptors (Lipinski definition) is 3. The largest absolute Gasteiger partial charge is 0.519 e. The Bertz CT molecular complexity index is 1650. The lowest BCUT2D eigenvalue weighted by Crippen LogP contribution is -2.13. The van der Waals surface area contributed by atoms with E-state index in [9.17, 15) is 4.79 Å². The van der Waals surface area contributed by atoms with Gasteiger partial charge in [-0.15, -0.1) is 0 Å². The second-order valence-corrected chi connectivity index (χ2v) is 7.84. The fourth-order valence-electron chi connectivity index (χ4n) is 4.22. The molecule has 0 spiro atoms. The predicted molar refractivity (Wildman–Crippen MR) is 130 cm³/mol. The molecule has 152 valence electrons. The van der Waals surface area contributed by atoms with E-state index in [2.05, 4.69) is 36.4 Å². The maximum Gasteiger partial charge on any atom is 0.519 e. The molecule has 3 nitrogen and oxygen atoms in total. The van der Waals surface area contributed by atoms with Crippen LogP contribution < -0.4 is 9.47 Å². The first kappa shape index (κ1) is 18.4. The molecule has 6 aromatic carbocycles. The Morgan fingerprint density at radius 3 is 1.81 bits per heavy atom. The average molecular weight is 414 g/mol. The number of carbonyl (C=O) groups is 1. The molecule has 32 heavy (non-hydrogen) atoms. The summed E-state index contributed by atoms with van der Waals surface area (Å²) < 4.78 is 11.1. The molecule has 6 aromatic rings. The first-order chi connectivity index (χ1) is 15.7. The zero-order chi connectivity index (χ0) is 21.5. The molecule has 6 rings (SSSR count). The van der Waals surface area contributed by atoms with E-state index in [1.165, 1.54) is 10.8 Å². The lowest BCUT2D eigenvalue weighted by Gasteiger charge is -2.10. The van der Waals surface area contributed by atoms with Gasteiger partial charge in [-0.05, 0) is 80.2 Å². The van der Waals surface area contributed by atoms with Gasteiger partial charge < -0.3 is 9.47 Å². The number of rotatable bonds is 2. The third-order valence-corrected chi connectivity index (χ3v) is 5.78. The van der Waals surface area contributed by atoms with Crippen molar-refractivity contribution in [2.75, 3.05) is 0 Å². The molecule has 0 saturated heterocycles. The van der Waals surface area contributed by atoms with Gasteiger partial charge in [-0.25, -0.2) is 4.79 Å². The minimum atomic E-state index is -0.758. The van der Waals surface area contributed by atoms with Gasteiger partial charge in [-0.2, -0.15) is 0 Å². The quantitative estimate of drug-likeness (QED) is 0.164. The fourth-order valence-corrected chi connectivity index (χ4v) is 4.22. The zero-order valence-electron chi connectivity index (χ0n) is 17.1. The van der Waals surface area contributed by atoms with Gasteiger partial charge in [0.1, 0.15) is 11.5 Å². The van der Waals surface area contributed by atoms with Crippen molar-refractivity contribution < 1.29 is 14.3 Å². The third kappa shape index (κ3) is 3.30. The maximum atomic E-state index is 12.6. The van der Waals surface area contributed by atoms with Crippen LogP contribution in [0.25, 0.3) is 43.1 Å². The second kappa shape index (κ2) is 7.40. The molecule has 0 aromatic heterocycles. The van der Waals surface area contributed by atoms with Crippen molar-refractivity contribution in [3.63, 3.8) is 0 Å². The van der Waals surface area contributed by atoms with Crippen molar-refractivity contribution in [3.8, 4) is 11.5 Å². The van der Waals surface area contributed by atoms with E-state index in [1.807, 2.05) is 60.7 Å². The highest BCUT2D eigenvalue weighted by Crippen LogP contribution is 2.32. The van der Waals surface area contributed by atoms with Crippen molar-refractivity contribution in [2.45, 2.75) is 0 Å². The first-order valence-corrected chi connectivity index (χ1v) is 10.5. The van der Waals surface area contributed by atoms with Crippen molar-refractivity contribution >= 4 is 49.2 Å². The smallest absolute Gasteiger partial charge is 0.395 e. The lowest BCUT2D eigenvalue weighted by molar-refractivity contribution is 0.152. The normalized spacial score (nSPS) is 11.2. The van der Waals surface area contributed by atoms with Crippen LogP contribution in [-0.4, -0.2) is 6.16 Å². The molecule has 0 N–H and O–H groups in total. The summed E-state index contributed by atoms with van der Waals surface area (Å²) in [6.07, 6.45) is -0.758. The van der Waals surface area contributed by atoms with Gasteiger partial charge in [0.2, 0.25) is 0 Å². The molecular formula is C29H18O3. The highest BCUT2D eigenvalue weighted by Gasteiger charge is 2.12. The Kier molecular flexibility index (Phi) is 4.25. The molecule has 0 heterocycles. The van der Waals surface area contributed by atoms with Gasteiger partial charge in [-0.1, -0.05) is 66.7 Å². The van der Waals surface area contributed by atoms with Crippen LogP contribution in [0.15, 0.2) is 109 Å². The molecule has 0 aliphatic carbocycles. The molecule has 0 amide bonds. The van der Waals surface area contributed by atoms with Crippen LogP contribution >= 0.6 is 0 Å². The molecule has 0 saturated carbocycles. The maximum absolute atomic E-state index is 12.6. The molecule has 0 bridgehead atoms. The first-order valence-electron chi connectivity index (χ1n) is 10.5. The molecule has 0 aliphatic rings. The summed E-state index contributed by atoms with van der Waals surface area (Å²) in [5.74, 6) is 0.925. The minimum absolute atomic E-state index is 0.450. The number of hydrogen-bond donors (Lipinski definition) is 0. The molecule has 0 aliphatic heterocycles. The van der Waals surface area contributed by atoms with Crippen LogP contribution in [0, 0.1) is 0 Å². The van der Waals surface area contributed by atoms with E-state index < -0.39 is 6.16 Å². The van der Waals surface area contributed by atoms with Gasteiger partial charge in [0, 0.05) is 5.39 Å². The summed E-state index contributed by atoms with van der Waals surface area (Å²) in [5.41, 5.74) is 0. The number of benzene rings is 6. The van der Waals surface area contributed by atoms with E-state index in [-0.39, 0.29) is 0 Å². The number of ether oxygens (including phenoxy) is 2. The number of carbonyl (C=O) groups excluding carboxylic acids is 1. The Labute approximate surface area is 184 Å². The van der Waals surface area contributed by atoms with E-state index in [4.69, 9.17) is 9.47 Å². The van der Waals surface area contributed by atoms with Gasteiger partial charge >= 0.3 is 6.16 Å². The fraction of sp³-hybridized carbons (Fsp3) is 0. The molecular weight excluding hydrogens is 396 g/mol. The standard InChI is InChI=1S/C29H18O3/c30-29(31-26-13-12-19-6-1-2-9-22(19)17-26)32-28-11-5-10-23-16-24-14-20-7-3-4-8-21(20)15-25(24)18-27(23)28/h1-18H. The minimum Gasteiger partial charge on any atom is -0.395 e. The summed E-state index contributed by atoms with van der Waals surface area (Å²) in [6, 6.07) is 36.0. The Morgan fingerprint density at radius 1 is 0.469 bits per heavy atom. The average Bonchev–Trinajstić information content (AvgIpc) is 2.81. The number of fused-ring (bicyclic) bond motifs is 4. The van der Waals surface area contributed by atoms with Crippen molar-refractivity contribution in [1.29, 1.82) is 0 Å². The Balaban J connectivity index is 1.35. The summed E-state index contributed by atoms with van der Waals surface area (Å²) in [7, 11) is 0. The highest BCUT2D eigenvalue weighted by atomic mass is 16.7. The van der Waals surface area contributed by atoms with Crippen LogP contribution in [-0.2, 0) is 0 Å². The molecule has 0 radical (unpaired) electrons. The summed E-state index contributed by atoms with van der Waals surface area (Å²) >= 11 is 0. The highest BCUT2D eigenvalue weighted by molar-refractivity contribution is 6.06. The molecule has 0 atom stereocenters. The van der Waals surface area contributed by atoms with Gasteiger partial charge in [0.05, 0.1) is 0 Å². The van der Waals surface area contributed by atoms with E-state index in [0.29, 0.717) is 11.5 Å². The van der Waals surface area contributed by atoms with Crippen molar-refractivity contribution in [3.05, 3.63) is 109 Å².